The molecule has 0 saturated heterocycles. The highest BCUT2D eigenvalue weighted by Crippen LogP contribution is 2.35. The van der Waals surface area contributed by atoms with Crippen LogP contribution in [0.1, 0.15) is 16.7 Å². The molecule has 0 fully saturated rings. The molecule has 0 atom stereocenters. The van der Waals surface area contributed by atoms with Gasteiger partial charge in [-0.15, -0.1) is 0 Å². The molecule has 0 aromatic heterocycles. The number of nitrogens with one attached hydrogen (secondary N) is 1. The van der Waals surface area contributed by atoms with Crippen molar-refractivity contribution < 1.29 is 19.0 Å². The Balaban J connectivity index is 1.74. The van der Waals surface area contributed by atoms with Crippen LogP contribution in [0.2, 0.25) is 10.0 Å². The van der Waals surface area contributed by atoms with E-state index in [1.54, 1.807) is 43.5 Å². The molecule has 0 spiro atoms. The van der Waals surface area contributed by atoms with E-state index in [-0.39, 0.29) is 18.7 Å². The van der Waals surface area contributed by atoms with Gasteiger partial charge in [0.05, 0.1) is 24.3 Å². The van der Waals surface area contributed by atoms with Gasteiger partial charge in [0.25, 0.3) is 5.91 Å². The number of carbonyl (C=O) groups is 1. The summed E-state index contributed by atoms with van der Waals surface area (Å²) in [4.78, 5) is 12.6. The van der Waals surface area contributed by atoms with E-state index in [0.717, 1.165) is 16.9 Å². The summed E-state index contributed by atoms with van der Waals surface area (Å²) in [6.45, 7) is 0.514. The first-order chi connectivity index (χ1) is 16.8. The maximum absolute atomic E-state index is 12.6. The average Bonchev–Trinajstić information content (AvgIpc) is 2.87. The van der Waals surface area contributed by atoms with Gasteiger partial charge in [0.15, 0.2) is 11.5 Å². The SMILES string of the molecule is COc1ccc(CNC(=O)/C(C#N)=C\c2cc(OC)c(OCc3ccc(Cl)c(Cl)c3)cc2Br)cc1. The number of hydrogen-bond donors (Lipinski definition) is 1. The molecule has 0 aliphatic carbocycles. The van der Waals surface area contributed by atoms with Crippen molar-refractivity contribution in [1.29, 1.82) is 5.26 Å². The van der Waals surface area contributed by atoms with Crippen LogP contribution < -0.4 is 19.5 Å². The van der Waals surface area contributed by atoms with Gasteiger partial charge in [-0.3, -0.25) is 4.79 Å². The number of carbonyl (C=O) groups excluding carboxylic acids is 1. The van der Waals surface area contributed by atoms with E-state index in [1.165, 1.54) is 13.2 Å². The minimum atomic E-state index is -0.492. The first kappa shape index (κ1) is 26.4. The Morgan fingerprint density at radius 1 is 1.00 bits per heavy atom. The fraction of sp³-hybridized carbons (Fsp3) is 0.154. The molecule has 3 aromatic carbocycles. The molecule has 0 unspecified atom stereocenters. The number of rotatable bonds is 9. The predicted octanol–water partition coefficient (Wildman–Crippen LogP) is 6.58. The van der Waals surface area contributed by atoms with Crippen molar-refractivity contribution in [3.8, 4) is 23.3 Å². The summed E-state index contributed by atoms with van der Waals surface area (Å²) in [6.07, 6.45) is 1.48. The van der Waals surface area contributed by atoms with Crippen molar-refractivity contribution >= 4 is 51.1 Å². The zero-order valence-corrected chi connectivity index (χ0v) is 22.0. The summed E-state index contributed by atoms with van der Waals surface area (Å²) in [5.74, 6) is 1.15. The van der Waals surface area contributed by atoms with Gasteiger partial charge < -0.3 is 19.5 Å². The van der Waals surface area contributed by atoms with Crippen molar-refractivity contribution in [3.05, 3.63) is 91.4 Å². The highest BCUT2D eigenvalue weighted by Gasteiger charge is 2.14. The lowest BCUT2D eigenvalue weighted by Crippen LogP contribution is -2.23. The fourth-order valence-electron chi connectivity index (χ4n) is 3.05. The number of hydrogen-bond acceptors (Lipinski definition) is 5. The van der Waals surface area contributed by atoms with Crippen LogP contribution in [0.4, 0.5) is 0 Å². The Morgan fingerprint density at radius 3 is 2.34 bits per heavy atom. The smallest absolute Gasteiger partial charge is 0.262 e. The number of halogens is 3. The van der Waals surface area contributed by atoms with Crippen LogP contribution in [0.5, 0.6) is 17.2 Å². The average molecular weight is 576 g/mol. The molecule has 0 aliphatic rings. The molecule has 0 radical (unpaired) electrons. The minimum absolute atomic E-state index is 0.0502. The summed E-state index contributed by atoms with van der Waals surface area (Å²) >= 11 is 15.5. The molecule has 35 heavy (non-hydrogen) atoms. The molecule has 1 amide bonds. The number of ether oxygens (including phenoxy) is 3. The molecule has 3 rings (SSSR count). The molecular weight excluding hydrogens is 555 g/mol. The van der Waals surface area contributed by atoms with Gasteiger partial charge in [0.2, 0.25) is 0 Å². The Hall–Kier alpha value is -3.18. The molecule has 3 aromatic rings. The highest BCUT2D eigenvalue weighted by atomic mass is 79.9. The van der Waals surface area contributed by atoms with Crippen molar-refractivity contribution in [3.63, 3.8) is 0 Å². The highest BCUT2D eigenvalue weighted by molar-refractivity contribution is 9.10. The number of amides is 1. The van der Waals surface area contributed by atoms with E-state index >= 15 is 0 Å². The minimum Gasteiger partial charge on any atom is -0.497 e. The molecular formula is C26H21BrCl2N2O4. The summed E-state index contributed by atoms with van der Waals surface area (Å²) in [6, 6.07) is 17.9. The van der Waals surface area contributed by atoms with E-state index in [2.05, 4.69) is 21.2 Å². The van der Waals surface area contributed by atoms with Crippen molar-refractivity contribution in [2.45, 2.75) is 13.2 Å². The Kier molecular flexibility index (Phi) is 9.44. The topological polar surface area (TPSA) is 80.6 Å². The summed E-state index contributed by atoms with van der Waals surface area (Å²) in [5, 5.41) is 13.2. The fourth-order valence-corrected chi connectivity index (χ4v) is 3.81. The van der Waals surface area contributed by atoms with Crippen LogP contribution >= 0.6 is 39.1 Å². The zero-order chi connectivity index (χ0) is 25.4. The second-order valence-electron chi connectivity index (χ2n) is 7.26. The van der Waals surface area contributed by atoms with E-state index in [9.17, 15) is 10.1 Å². The van der Waals surface area contributed by atoms with Crippen LogP contribution in [0, 0.1) is 11.3 Å². The standard InChI is InChI=1S/C26H21BrCl2N2O4/c1-33-20-6-3-16(4-7-20)14-31-26(32)19(13-30)10-18-11-24(34-2)25(12-21(18)27)35-15-17-5-8-22(28)23(29)9-17/h3-12H,14-15H2,1-2H3,(H,31,32)/b19-10-. The lowest BCUT2D eigenvalue weighted by molar-refractivity contribution is -0.117. The van der Waals surface area contributed by atoms with E-state index in [4.69, 9.17) is 37.4 Å². The Bertz CT molecular complexity index is 1290. The van der Waals surface area contributed by atoms with Crippen molar-refractivity contribution in [2.75, 3.05) is 14.2 Å². The van der Waals surface area contributed by atoms with Crippen molar-refractivity contribution in [2.24, 2.45) is 0 Å². The molecule has 9 heteroatoms. The van der Waals surface area contributed by atoms with Gasteiger partial charge in [-0.25, -0.2) is 0 Å². The summed E-state index contributed by atoms with van der Waals surface area (Å²) < 4.78 is 17.1. The maximum atomic E-state index is 12.6. The molecule has 0 saturated carbocycles. The lowest BCUT2D eigenvalue weighted by Gasteiger charge is -2.13. The van der Waals surface area contributed by atoms with Crippen LogP contribution in [0.15, 0.2) is 64.6 Å². The molecule has 0 aliphatic heterocycles. The van der Waals surface area contributed by atoms with E-state index in [1.807, 2.05) is 24.3 Å². The second kappa shape index (κ2) is 12.5. The van der Waals surface area contributed by atoms with E-state index in [0.29, 0.717) is 31.6 Å². The molecule has 0 bridgehead atoms. The number of nitrogens with zero attached hydrogens (tertiary/aromatic N) is 1. The van der Waals surface area contributed by atoms with Gasteiger partial charge >= 0.3 is 0 Å². The first-order valence-electron chi connectivity index (χ1n) is 10.3. The predicted molar refractivity (Wildman–Crippen MR) is 140 cm³/mol. The molecule has 1 N–H and O–H groups in total. The van der Waals surface area contributed by atoms with Gasteiger partial charge in [0, 0.05) is 11.0 Å². The van der Waals surface area contributed by atoms with Crippen LogP contribution in [-0.2, 0) is 17.9 Å². The van der Waals surface area contributed by atoms with E-state index < -0.39 is 5.91 Å². The maximum Gasteiger partial charge on any atom is 0.262 e. The monoisotopic (exact) mass is 574 g/mol. The second-order valence-corrected chi connectivity index (χ2v) is 8.93. The lowest BCUT2D eigenvalue weighted by atomic mass is 10.1. The van der Waals surface area contributed by atoms with Crippen LogP contribution in [0.3, 0.4) is 0 Å². The normalized spacial score (nSPS) is 10.9. The third-order valence-corrected chi connectivity index (χ3v) is 6.36. The summed E-state index contributed by atoms with van der Waals surface area (Å²) in [5.41, 5.74) is 2.25. The van der Waals surface area contributed by atoms with Crippen LogP contribution in [0.25, 0.3) is 6.08 Å². The number of methoxy groups -OCH3 is 2. The zero-order valence-electron chi connectivity index (χ0n) is 18.9. The molecule has 180 valence electrons. The third-order valence-electron chi connectivity index (χ3n) is 4.94. The number of nitriles is 1. The van der Waals surface area contributed by atoms with Gasteiger partial charge in [0.1, 0.15) is 24.0 Å². The molecule has 6 nitrogen and oxygen atoms in total. The van der Waals surface area contributed by atoms with Gasteiger partial charge in [-0.2, -0.15) is 5.26 Å². The van der Waals surface area contributed by atoms with Crippen LogP contribution in [-0.4, -0.2) is 20.1 Å². The largest absolute Gasteiger partial charge is 0.497 e. The Labute approximate surface area is 222 Å². The quantitative estimate of drug-likeness (QED) is 0.230. The van der Waals surface area contributed by atoms with Gasteiger partial charge in [-0.1, -0.05) is 57.3 Å². The summed E-state index contributed by atoms with van der Waals surface area (Å²) in [7, 11) is 3.09. The first-order valence-corrected chi connectivity index (χ1v) is 11.9. The Morgan fingerprint density at radius 2 is 1.71 bits per heavy atom. The third kappa shape index (κ3) is 7.15. The molecule has 0 heterocycles. The number of benzene rings is 3. The van der Waals surface area contributed by atoms with Crippen molar-refractivity contribution in [1.82, 2.24) is 5.32 Å². The van der Waals surface area contributed by atoms with Gasteiger partial charge in [-0.05, 0) is 59.2 Å².